The van der Waals surface area contributed by atoms with E-state index in [0.29, 0.717) is 10.8 Å². The summed E-state index contributed by atoms with van der Waals surface area (Å²) in [6, 6.07) is 3.03. The van der Waals surface area contributed by atoms with E-state index in [0.717, 1.165) is 24.2 Å². The Labute approximate surface area is 147 Å². The van der Waals surface area contributed by atoms with Crippen molar-refractivity contribution in [2.24, 2.45) is 0 Å². The van der Waals surface area contributed by atoms with Crippen molar-refractivity contribution in [2.75, 3.05) is 31.9 Å². The lowest BCUT2D eigenvalue weighted by Gasteiger charge is -2.33. The van der Waals surface area contributed by atoms with Crippen LogP contribution in [0.4, 0.5) is 0 Å². The van der Waals surface area contributed by atoms with E-state index in [4.69, 9.17) is 11.6 Å². The third-order valence-electron chi connectivity index (χ3n) is 3.74. The van der Waals surface area contributed by atoms with Crippen LogP contribution in [0.15, 0.2) is 16.3 Å². The van der Waals surface area contributed by atoms with E-state index in [-0.39, 0.29) is 36.1 Å². The Hall–Kier alpha value is -0.190. The second kappa shape index (κ2) is 7.79. The Kier molecular flexibility index (Phi) is 6.49. The quantitative estimate of drug-likeness (QED) is 0.658. The van der Waals surface area contributed by atoms with Crippen LogP contribution in [0.25, 0.3) is 0 Å². The van der Waals surface area contributed by atoms with Gasteiger partial charge in [-0.15, -0.1) is 11.3 Å². The first-order valence-corrected chi connectivity index (χ1v) is 11.7. The smallest absolute Gasteiger partial charge is 0.212 e. The van der Waals surface area contributed by atoms with Crippen molar-refractivity contribution in [3.05, 3.63) is 16.5 Å². The summed E-state index contributed by atoms with van der Waals surface area (Å²) in [6.07, 6.45) is 2.49. The van der Waals surface area contributed by atoms with Crippen LogP contribution in [-0.2, 0) is 20.0 Å². The fourth-order valence-electron chi connectivity index (χ4n) is 2.42. The molecule has 2 heterocycles. The molecule has 6 nitrogen and oxygen atoms in total. The molecule has 1 aliphatic rings. The molecule has 1 aromatic heterocycles. The van der Waals surface area contributed by atoms with Crippen molar-refractivity contribution in [3.8, 4) is 0 Å². The number of unbranched alkanes of at least 4 members (excludes halogenated alkanes) is 2. The summed E-state index contributed by atoms with van der Waals surface area (Å²) in [7, 11) is -6.88. The van der Waals surface area contributed by atoms with Gasteiger partial charge in [-0.1, -0.05) is 31.4 Å². The fourth-order valence-corrected chi connectivity index (χ4v) is 7.02. The molecule has 0 unspecified atom stereocenters. The van der Waals surface area contributed by atoms with Gasteiger partial charge in [0.15, 0.2) is 0 Å². The number of nitrogens with zero attached hydrogens (tertiary/aromatic N) is 2. The highest BCUT2D eigenvalue weighted by Gasteiger charge is 2.33. The molecule has 0 bridgehead atoms. The summed E-state index contributed by atoms with van der Waals surface area (Å²) < 4.78 is 52.8. The normalized spacial score (nSPS) is 18.3. The Morgan fingerprint density at radius 3 is 2.17 bits per heavy atom. The maximum Gasteiger partial charge on any atom is 0.252 e. The molecule has 1 aromatic rings. The molecule has 1 fully saturated rings. The van der Waals surface area contributed by atoms with E-state index in [1.807, 2.05) is 6.92 Å². The van der Waals surface area contributed by atoms with E-state index < -0.39 is 20.0 Å². The molecule has 0 amide bonds. The lowest BCUT2D eigenvalue weighted by Crippen LogP contribution is -2.50. The third-order valence-corrected chi connectivity index (χ3v) is 9.29. The van der Waals surface area contributed by atoms with Crippen molar-refractivity contribution >= 4 is 43.0 Å². The molecule has 132 valence electrons. The molecule has 10 heteroatoms. The van der Waals surface area contributed by atoms with Crippen molar-refractivity contribution in [1.82, 2.24) is 8.61 Å². The van der Waals surface area contributed by atoms with Crippen LogP contribution in [0.1, 0.15) is 26.2 Å². The molecule has 2 rings (SSSR count). The third kappa shape index (κ3) is 4.67. The Bertz CT molecular complexity index is 722. The second-order valence-electron chi connectivity index (χ2n) is 5.38. The lowest BCUT2D eigenvalue weighted by molar-refractivity contribution is 0.273. The maximum atomic E-state index is 12.5. The summed E-state index contributed by atoms with van der Waals surface area (Å²) in [5.74, 6) is 0.133. The van der Waals surface area contributed by atoms with E-state index in [9.17, 15) is 16.8 Å². The van der Waals surface area contributed by atoms with Crippen LogP contribution in [0.3, 0.4) is 0 Å². The average Bonchev–Trinajstić information content (AvgIpc) is 2.95. The molecule has 0 spiro atoms. The summed E-state index contributed by atoms with van der Waals surface area (Å²) in [4.78, 5) is 0. The fraction of sp³-hybridized carbons (Fsp3) is 0.692. The van der Waals surface area contributed by atoms with Gasteiger partial charge >= 0.3 is 0 Å². The number of hydrogen-bond acceptors (Lipinski definition) is 5. The minimum atomic E-state index is -3.59. The zero-order chi connectivity index (χ0) is 17.1. The standard InChI is InChI=1S/C13H21ClN2O4S3/c1-2-3-4-11-22(17,18)15-7-9-16(10-8-15)23(19,20)13-6-5-12(14)21-13/h5-6H,2-4,7-11H2,1H3. The minimum Gasteiger partial charge on any atom is -0.212 e. The first-order valence-electron chi connectivity index (χ1n) is 7.50. The number of halogens is 1. The first kappa shape index (κ1) is 19.1. The predicted molar refractivity (Wildman–Crippen MR) is 93.0 cm³/mol. The molecule has 1 saturated heterocycles. The number of hydrogen-bond donors (Lipinski definition) is 0. The van der Waals surface area contributed by atoms with Crippen LogP contribution in [0.2, 0.25) is 4.34 Å². The summed E-state index contributed by atoms with van der Waals surface area (Å²) >= 11 is 6.81. The van der Waals surface area contributed by atoms with Gasteiger partial charge in [0.05, 0.1) is 10.1 Å². The van der Waals surface area contributed by atoms with Gasteiger partial charge in [0.25, 0.3) is 10.0 Å². The van der Waals surface area contributed by atoms with Gasteiger partial charge in [0.1, 0.15) is 4.21 Å². The SMILES string of the molecule is CCCCCS(=O)(=O)N1CCN(S(=O)(=O)c2ccc(Cl)s2)CC1. The van der Waals surface area contributed by atoms with Crippen LogP contribution in [-0.4, -0.2) is 57.4 Å². The van der Waals surface area contributed by atoms with E-state index in [1.54, 1.807) is 6.07 Å². The van der Waals surface area contributed by atoms with Crippen LogP contribution < -0.4 is 0 Å². The van der Waals surface area contributed by atoms with E-state index in [1.165, 1.54) is 14.7 Å². The Morgan fingerprint density at radius 2 is 1.65 bits per heavy atom. The zero-order valence-corrected chi connectivity index (χ0v) is 16.1. The van der Waals surface area contributed by atoms with Gasteiger partial charge in [-0.25, -0.2) is 16.8 Å². The van der Waals surface area contributed by atoms with Gasteiger partial charge < -0.3 is 0 Å². The highest BCUT2D eigenvalue weighted by molar-refractivity contribution is 7.91. The van der Waals surface area contributed by atoms with Crippen molar-refractivity contribution in [1.29, 1.82) is 0 Å². The number of piperazine rings is 1. The topological polar surface area (TPSA) is 74.8 Å². The van der Waals surface area contributed by atoms with Crippen molar-refractivity contribution in [2.45, 2.75) is 30.4 Å². The van der Waals surface area contributed by atoms with Crippen LogP contribution >= 0.6 is 22.9 Å². The number of rotatable bonds is 7. The van der Waals surface area contributed by atoms with E-state index >= 15 is 0 Å². The van der Waals surface area contributed by atoms with Gasteiger partial charge in [0, 0.05) is 26.2 Å². The molecule has 0 radical (unpaired) electrons. The molecule has 0 aliphatic carbocycles. The minimum absolute atomic E-state index is 0.133. The van der Waals surface area contributed by atoms with Gasteiger partial charge in [-0.05, 0) is 18.6 Å². The molecular weight excluding hydrogens is 380 g/mol. The highest BCUT2D eigenvalue weighted by Crippen LogP contribution is 2.28. The molecular formula is C13H21ClN2O4S3. The average molecular weight is 401 g/mol. The molecule has 23 heavy (non-hydrogen) atoms. The van der Waals surface area contributed by atoms with Crippen LogP contribution in [0.5, 0.6) is 0 Å². The Morgan fingerprint density at radius 1 is 1.04 bits per heavy atom. The molecule has 0 aromatic carbocycles. The number of sulfonamides is 2. The summed E-state index contributed by atoms with van der Waals surface area (Å²) in [5, 5.41) is 0. The molecule has 1 aliphatic heterocycles. The lowest BCUT2D eigenvalue weighted by atomic mass is 10.3. The second-order valence-corrected chi connectivity index (χ2v) is 11.4. The summed E-state index contributed by atoms with van der Waals surface area (Å²) in [6.45, 7) is 2.77. The van der Waals surface area contributed by atoms with Crippen LogP contribution in [0, 0.1) is 0 Å². The zero-order valence-electron chi connectivity index (χ0n) is 12.9. The van der Waals surface area contributed by atoms with Gasteiger partial charge in [-0.2, -0.15) is 8.61 Å². The number of thiophene rings is 1. The van der Waals surface area contributed by atoms with Gasteiger partial charge in [-0.3, -0.25) is 0 Å². The van der Waals surface area contributed by atoms with Crippen molar-refractivity contribution < 1.29 is 16.8 Å². The van der Waals surface area contributed by atoms with Crippen molar-refractivity contribution in [3.63, 3.8) is 0 Å². The monoisotopic (exact) mass is 400 g/mol. The van der Waals surface area contributed by atoms with E-state index in [2.05, 4.69) is 0 Å². The maximum absolute atomic E-state index is 12.5. The largest absolute Gasteiger partial charge is 0.252 e. The molecule has 0 saturated carbocycles. The predicted octanol–water partition coefficient (Wildman–Crippen LogP) is 2.23. The first-order chi connectivity index (χ1) is 10.8. The van der Waals surface area contributed by atoms with Gasteiger partial charge in [0.2, 0.25) is 10.0 Å². The molecule has 0 atom stereocenters. The highest BCUT2D eigenvalue weighted by atomic mass is 35.5. The molecule has 0 N–H and O–H groups in total. The Balaban J connectivity index is 1.98. The summed E-state index contributed by atoms with van der Waals surface area (Å²) in [5.41, 5.74) is 0.